The van der Waals surface area contributed by atoms with Crippen molar-refractivity contribution in [2.24, 2.45) is 4.99 Å². The molecule has 2 heterocycles. The molecule has 0 bridgehead atoms. The predicted octanol–water partition coefficient (Wildman–Crippen LogP) is 5.11. The molecule has 98 valence electrons. The van der Waals surface area contributed by atoms with E-state index >= 15 is 0 Å². The first-order valence-electron chi connectivity index (χ1n) is 5.90. The van der Waals surface area contributed by atoms with Crippen LogP contribution < -0.4 is 0 Å². The van der Waals surface area contributed by atoms with E-state index in [4.69, 9.17) is 0 Å². The van der Waals surface area contributed by atoms with E-state index < -0.39 is 11.6 Å². The van der Waals surface area contributed by atoms with Gasteiger partial charge in [-0.15, -0.1) is 11.3 Å². The number of aliphatic imine (C=N–C) groups is 1. The zero-order chi connectivity index (χ0) is 13.4. The van der Waals surface area contributed by atoms with Crippen LogP contribution in [0.25, 0.3) is 0 Å². The minimum atomic E-state index is -0.535. The lowest BCUT2D eigenvalue weighted by Gasteiger charge is -2.03. The molecule has 1 aliphatic heterocycles. The Morgan fingerprint density at radius 1 is 1.26 bits per heavy atom. The highest BCUT2D eigenvalue weighted by Crippen LogP contribution is 2.36. The Balaban J connectivity index is 1.95. The lowest BCUT2D eigenvalue weighted by molar-refractivity contribution is 0.578. The topological polar surface area (TPSA) is 12.4 Å². The maximum Gasteiger partial charge on any atom is 0.135 e. The van der Waals surface area contributed by atoms with Crippen molar-refractivity contribution >= 4 is 33.0 Å². The van der Waals surface area contributed by atoms with Crippen LogP contribution in [0.15, 0.2) is 39.1 Å². The number of hydrogen-bond acceptors (Lipinski definition) is 2. The van der Waals surface area contributed by atoms with Gasteiger partial charge in [-0.05, 0) is 47.0 Å². The number of benzene rings is 1. The minimum absolute atomic E-state index is 0.0188. The van der Waals surface area contributed by atoms with Crippen LogP contribution in [0.4, 0.5) is 8.78 Å². The molecule has 0 fully saturated rings. The Kier molecular flexibility index (Phi) is 3.50. The van der Waals surface area contributed by atoms with E-state index in [0.29, 0.717) is 12.1 Å². The summed E-state index contributed by atoms with van der Waals surface area (Å²) in [6, 6.07) is 5.95. The molecular formula is C14H10BrF2NS. The summed E-state index contributed by atoms with van der Waals surface area (Å²) in [5.41, 5.74) is 0.561. The van der Waals surface area contributed by atoms with Gasteiger partial charge in [0.1, 0.15) is 11.6 Å². The van der Waals surface area contributed by atoms with Gasteiger partial charge in [-0.2, -0.15) is 0 Å². The lowest BCUT2D eigenvalue weighted by atomic mass is 10.1. The summed E-state index contributed by atoms with van der Waals surface area (Å²) < 4.78 is 28.4. The quantitative estimate of drug-likeness (QED) is 0.719. The van der Waals surface area contributed by atoms with E-state index in [0.717, 1.165) is 15.8 Å². The Morgan fingerprint density at radius 3 is 2.63 bits per heavy atom. The standard InChI is InChI=1S/C14H10BrF2NS/c15-8-6-13(19-7-8)11-4-5-12(18-11)14-9(16)2-1-3-10(14)17/h1-3,6-7,11H,4-5H2. The zero-order valence-corrected chi connectivity index (χ0v) is 12.3. The van der Waals surface area contributed by atoms with E-state index in [1.54, 1.807) is 11.3 Å². The summed E-state index contributed by atoms with van der Waals surface area (Å²) in [7, 11) is 0. The van der Waals surface area contributed by atoms with Crippen LogP contribution in [0.1, 0.15) is 29.3 Å². The lowest BCUT2D eigenvalue weighted by Crippen LogP contribution is -2.03. The van der Waals surface area contributed by atoms with Gasteiger partial charge in [0.25, 0.3) is 0 Å². The van der Waals surface area contributed by atoms with Crippen LogP contribution in [0.3, 0.4) is 0 Å². The van der Waals surface area contributed by atoms with Crippen LogP contribution in [-0.2, 0) is 0 Å². The van der Waals surface area contributed by atoms with Gasteiger partial charge in [-0.25, -0.2) is 8.78 Å². The number of hydrogen-bond donors (Lipinski definition) is 0. The predicted molar refractivity (Wildman–Crippen MR) is 76.9 cm³/mol. The second kappa shape index (κ2) is 5.13. The van der Waals surface area contributed by atoms with Gasteiger partial charge in [-0.1, -0.05) is 6.07 Å². The second-order valence-electron chi connectivity index (χ2n) is 4.39. The first-order chi connectivity index (χ1) is 9.15. The Bertz CT molecular complexity index is 630. The van der Waals surface area contributed by atoms with E-state index in [-0.39, 0.29) is 11.6 Å². The Hall–Kier alpha value is -1.07. The molecule has 0 N–H and O–H groups in total. The second-order valence-corrected chi connectivity index (χ2v) is 6.25. The molecule has 0 spiro atoms. The SMILES string of the molecule is Fc1cccc(F)c1C1=NC(c2cc(Br)cs2)CC1. The molecule has 3 rings (SSSR count). The number of rotatable bonds is 2. The third-order valence-corrected chi connectivity index (χ3v) is 4.93. The number of thiophene rings is 1. The van der Waals surface area contributed by atoms with Gasteiger partial charge in [0.2, 0.25) is 0 Å². The van der Waals surface area contributed by atoms with Crippen LogP contribution in [0.2, 0.25) is 0 Å². The molecule has 0 aliphatic carbocycles. The summed E-state index contributed by atoms with van der Waals surface area (Å²) in [4.78, 5) is 5.61. The first-order valence-corrected chi connectivity index (χ1v) is 7.57. The van der Waals surface area contributed by atoms with Crippen molar-refractivity contribution in [2.45, 2.75) is 18.9 Å². The van der Waals surface area contributed by atoms with Gasteiger partial charge in [0, 0.05) is 20.4 Å². The van der Waals surface area contributed by atoms with Crippen molar-refractivity contribution in [3.05, 3.63) is 56.2 Å². The molecule has 0 saturated carbocycles. The van der Waals surface area contributed by atoms with Gasteiger partial charge in [0.15, 0.2) is 0 Å². The molecule has 1 unspecified atom stereocenters. The van der Waals surface area contributed by atoms with Crippen molar-refractivity contribution in [2.75, 3.05) is 0 Å². The van der Waals surface area contributed by atoms with E-state index in [2.05, 4.69) is 20.9 Å². The van der Waals surface area contributed by atoms with Crippen molar-refractivity contribution < 1.29 is 8.78 Å². The minimum Gasteiger partial charge on any atom is -0.280 e. The van der Waals surface area contributed by atoms with Crippen molar-refractivity contribution in [3.8, 4) is 0 Å². The molecule has 1 aromatic carbocycles. The van der Waals surface area contributed by atoms with E-state index in [9.17, 15) is 8.78 Å². The summed E-state index contributed by atoms with van der Waals surface area (Å²) >= 11 is 5.02. The van der Waals surface area contributed by atoms with E-state index in [1.807, 2.05) is 11.4 Å². The molecule has 0 radical (unpaired) electrons. The maximum absolute atomic E-state index is 13.7. The highest BCUT2D eigenvalue weighted by atomic mass is 79.9. The Morgan fingerprint density at radius 2 is 2.00 bits per heavy atom. The van der Waals surface area contributed by atoms with Crippen molar-refractivity contribution in [1.29, 1.82) is 0 Å². The first kappa shape index (κ1) is 12.9. The van der Waals surface area contributed by atoms with Gasteiger partial charge < -0.3 is 0 Å². The fourth-order valence-electron chi connectivity index (χ4n) is 2.26. The average molecular weight is 342 g/mol. The largest absolute Gasteiger partial charge is 0.280 e. The molecule has 2 aromatic rings. The van der Waals surface area contributed by atoms with Gasteiger partial charge >= 0.3 is 0 Å². The molecular weight excluding hydrogens is 332 g/mol. The highest BCUT2D eigenvalue weighted by Gasteiger charge is 2.25. The molecule has 1 aromatic heterocycles. The van der Waals surface area contributed by atoms with Crippen LogP contribution in [0, 0.1) is 11.6 Å². The fraction of sp³-hybridized carbons (Fsp3) is 0.214. The summed E-state index contributed by atoms with van der Waals surface area (Å²) in [5, 5.41) is 1.99. The summed E-state index contributed by atoms with van der Waals surface area (Å²) in [6.07, 6.45) is 1.41. The molecule has 1 aliphatic rings. The van der Waals surface area contributed by atoms with Crippen LogP contribution in [0.5, 0.6) is 0 Å². The molecule has 19 heavy (non-hydrogen) atoms. The molecule has 0 amide bonds. The average Bonchev–Trinajstić information content (AvgIpc) is 2.98. The normalized spacial score (nSPS) is 18.7. The zero-order valence-electron chi connectivity index (χ0n) is 9.87. The monoisotopic (exact) mass is 341 g/mol. The Labute approximate surface area is 122 Å². The molecule has 0 saturated heterocycles. The highest BCUT2D eigenvalue weighted by molar-refractivity contribution is 9.10. The molecule has 5 heteroatoms. The van der Waals surface area contributed by atoms with Crippen LogP contribution >= 0.6 is 27.3 Å². The van der Waals surface area contributed by atoms with Gasteiger partial charge in [0.05, 0.1) is 11.6 Å². The smallest absolute Gasteiger partial charge is 0.135 e. The van der Waals surface area contributed by atoms with Crippen molar-refractivity contribution in [1.82, 2.24) is 0 Å². The molecule has 1 atom stereocenters. The number of halogens is 3. The maximum atomic E-state index is 13.7. The third kappa shape index (κ3) is 2.49. The van der Waals surface area contributed by atoms with Gasteiger partial charge in [-0.3, -0.25) is 4.99 Å². The summed E-state index contributed by atoms with van der Waals surface area (Å²) in [6.45, 7) is 0. The third-order valence-electron chi connectivity index (χ3n) is 3.13. The van der Waals surface area contributed by atoms with E-state index in [1.165, 1.54) is 18.2 Å². The summed E-state index contributed by atoms with van der Waals surface area (Å²) in [5.74, 6) is -1.07. The fourth-order valence-corrected chi connectivity index (χ4v) is 3.78. The number of nitrogens with zero attached hydrogens (tertiary/aromatic N) is 1. The molecule has 1 nitrogen and oxygen atoms in total. The van der Waals surface area contributed by atoms with Crippen molar-refractivity contribution in [3.63, 3.8) is 0 Å². The van der Waals surface area contributed by atoms with Crippen LogP contribution in [-0.4, -0.2) is 5.71 Å².